The molecule has 2 heterocycles. The number of hydrogen-bond donors (Lipinski definition) is 1. The number of halogens is 1. The van der Waals surface area contributed by atoms with Crippen LogP contribution < -0.4 is 5.32 Å². The van der Waals surface area contributed by atoms with Gasteiger partial charge >= 0.3 is 0 Å². The number of benzene rings is 1. The van der Waals surface area contributed by atoms with E-state index in [2.05, 4.69) is 10.3 Å². The van der Waals surface area contributed by atoms with Gasteiger partial charge in [-0.2, -0.15) is 0 Å². The first-order valence-corrected chi connectivity index (χ1v) is 7.11. The topological polar surface area (TPSA) is 38.1 Å². The number of nitrogens with one attached hydrogen (secondary N) is 1. The van der Waals surface area contributed by atoms with Gasteiger partial charge in [0.1, 0.15) is 5.76 Å². The van der Waals surface area contributed by atoms with Gasteiger partial charge in [0.15, 0.2) is 0 Å². The average molecular weight is 277 g/mol. The van der Waals surface area contributed by atoms with Gasteiger partial charge in [0.25, 0.3) is 0 Å². The molecule has 1 aliphatic rings. The summed E-state index contributed by atoms with van der Waals surface area (Å²) < 4.78 is 5.85. The molecule has 1 aromatic heterocycles. The van der Waals surface area contributed by atoms with Crippen molar-refractivity contribution in [3.05, 3.63) is 52.7 Å². The Balaban J connectivity index is 1.70. The van der Waals surface area contributed by atoms with E-state index in [1.165, 1.54) is 12.8 Å². The Morgan fingerprint density at radius 2 is 2.32 bits per heavy atom. The van der Waals surface area contributed by atoms with Crippen LogP contribution in [0.25, 0.3) is 0 Å². The summed E-state index contributed by atoms with van der Waals surface area (Å²) in [6.07, 6.45) is 6.15. The molecule has 1 aliphatic heterocycles. The molecule has 0 radical (unpaired) electrons. The minimum Gasteiger partial charge on any atom is -0.444 e. The summed E-state index contributed by atoms with van der Waals surface area (Å²) >= 11 is 5.98. The van der Waals surface area contributed by atoms with Crippen LogP contribution in [0.15, 0.2) is 34.9 Å². The highest BCUT2D eigenvalue weighted by molar-refractivity contribution is 6.30. The summed E-state index contributed by atoms with van der Waals surface area (Å²) in [6, 6.07) is 8.12. The van der Waals surface area contributed by atoms with Crippen LogP contribution in [0.4, 0.5) is 0 Å². The fraction of sp³-hybridized carbons (Fsp3) is 0.400. The molecule has 3 nitrogen and oxygen atoms in total. The Labute approximate surface area is 118 Å². The first-order valence-electron chi connectivity index (χ1n) is 6.74. The predicted molar refractivity (Wildman–Crippen MR) is 75.4 cm³/mol. The molecule has 4 heteroatoms. The van der Waals surface area contributed by atoms with Gasteiger partial charge in [-0.15, -0.1) is 0 Å². The second kappa shape index (κ2) is 5.76. The SMILES string of the molecule is Clc1cccc(Cc2cnc([C@H]3CCCCN3)o2)c1. The second-order valence-corrected chi connectivity index (χ2v) is 5.41. The molecular weight excluding hydrogens is 260 g/mol. The van der Waals surface area contributed by atoms with Gasteiger partial charge in [-0.3, -0.25) is 0 Å². The van der Waals surface area contributed by atoms with Crippen molar-refractivity contribution in [2.75, 3.05) is 6.54 Å². The zero-order chi connectivity index (χ0) is 13.1. The van der Waals surface area contributed by atoms with E-state index in [0.29, 0.717) is 0 Å². The van der Waals surface area contributed by atoms with E-state index in [0.717, 1.165) is 41.6 Å². The Morgan fingerprint density at radius 1 is 1.37 bits per heavy atom. The van der Waals surface area contributed by atoms with E-state index in [1.54, 1.807) is 0 Å². The van der Waals surface area contributed by atoms with Crippen LogP contribution in [-0.2, 0) is 6.42 Å². The number of rotatable bonds is 3. The summed E-state index contributed by atoms with van der Waals surface area (Å²) in [6.45, 7) is 1.05. The lowest BCUT2D eigenvalue weighted by molar-refractivity contribution is 0.331. The van der Waals surface area contributed by atoms with Crippen molar-refractivity contribution >= 4 is 11.6 Å². The zero-order valence-electron chi connectivity index (χ0n) is 10.7. The smallest absolute Gasteiger partial charge is 0.211 e. The largest absolute Gasteiger partial charge is 0.444 e. The lowest BCUT2D eigenvalue weighted by atomic mass is 10.1. The molecule has 0 aliphatic carbocycles. The summed E-state index contributed by atoms with van der Waals surface area (Å²) in [5.41, 5.74) is 1.15. The summed E-state index contributed by atoms with van der Waals surface area (Å²) in [5.74, 6) is 1.71. The molecule has 100 valence electrons. The first-order chi connectivity index (χ1) is 9.31. The lowest BCUT2D eigenvalue weighted by Gasteiger charge is -2.20. The van der Waals surface area contributed by atoms with Crippen LogP contribution in [0, 0.1) is 0 Å². The maximum absolute atomic E-state index is 5.98. The first kappa shape index (κ1) is 12.7. The van der Waals surface area contributed by atoms with Crippen LogP contribution in [0.5, 0.6) is 0 Å². The average Bonchev–Trinajstić information content (AvgIpc) is 2.88. The molecule has 0 unspecified atom stereocenters. The van der Waals surface area contributed by atoms with E-state index >= 15 is 0 Å². The monoisotopic (exact) mass is 276 g/mol. The molecule has 2 aromatic rings. The van der Waals surface area contributed by atoms with Gasteiger partial charge in [0.2, 0.25) is 5.89 Å². The number of nitrogens with zero attached hydrogens (tertiary/aromatic N) is 1. The Morgan fingerprint density at radius 3 is 3.11 bits per heavy atom. The highest BCUT2D eigenvalue weighted by Gasteiger charge is 2.19. The summed E-state index contributed by atoms with van der Waals surface area (Å²) in [5, 5.41) is 4.20. The summed E-state index contributed by atoms with van der Waals surface area (Å²) in [7, 11) is 0. The lowest BCUT2D eigenvalue weighted by Crippen LogP contribution is -2.26. The quantitative estimate of drug-likeness (QED) is 0.928. The van der Waals surface area contributed by atoms with E-state index < -0.39 is 0 Å². The molecular formula is C15H17ClN2O. The van der Waals surface area contributed by atoms with E-state index in [9.17, 15) is 0 Å². The van der Waals surface area contributed by atoms with Crippen LogP contribution in [0.3, 0.4) is 0 Å². The maximum Gasteiger partial charge on any atom is 0.211 e. The standard InChI is InChI=1S/C15H17ClN2O/c16-12-5-3-4-11(8-12)9-13-10-18-15(19-13)14-6-1-2-7-17-14/h3-5,8,10,14,17H,1-2,6-7,9H2/t14-/m1/s1. The van der Waals surface area contributed by atoms with Gasteiger partial charge in [-0.1, -0.05) is 30.2 Å². The number of hydrogen-bond acceptors (Lipinski definition) is 3. The van der Waals surface area contributed by atoms with Gasteiger partial charge < -0.3 is 9.73 Å². The fourth-order valence-corrected chi connectivity index (χ4v) is 2.69. The molecule has 0 amide bonds. The number of aromatic nitrogens is 1. The molecule has 3 rings (SSSR count). The van der Waals surface area contributed by atoms with Crippen molar-refractivity contribution in [3.8, 4) is 0 Å². The van der Waals surface area contributed by atoms with Crippen LogP contribution >= 0.6 is 11.6 Å². The third-order valence-corrected chi connectivity index (χ3v) is 3.68. The number of oxazole rings is 1. The van der Waals surface area contributed by atoms with Crippen molar-refractivity contribution in [1.82, 2.24) is 10.3 Å². The number of piperidine rings is 1. The molecule has 0 bridgehead atoms. The Kier molecular flexibility index (Phi) is 3.85. The van der Waals surface area contributed by atoms with E-state index in [4.69, 9.17) is 16.0 Å². The van der Waals surface area contributed by atoms with Gasteiger partial charge in [0.05, 0.1) is 12.2 Å². The molecule has 1 saturated heterocycles. The van der Waals surface area contributed by atoms with Crippen molar-refractivity contribution in [2.24, 2.45) is 0 Å². The van der Waals surface area contributed by atoms with Crippen molar-refractivity contribution in [3.63, 3.8) is 0 Å². The van der Waals surface area contributed by atoms with Crippen molar-refractivity contribution in [2.45, 2.75) is 31.7 Å². The highest BCUT2D eigenvalue weighted by atomic mass is 35.5. The Hall–Kier alpha value is -1.32. The molecule has 1 N–H and O–H groups in total. The van der Waals surface area contributed by atoms with Gasteiger partial charge in [0, 0.05) is 11.4 Å². The molecule has 1 aromatic carbocycles. The third kappa shape index (κ3) is 3.17. The second-order valence-electron chi connectivity index (χ2n) is 4.97. The van der Waals surface area contributed by atoms with E-state index in [-0.39, 0.29) is 6.04 Å². The minimum atomic E-state index is 0.280. The predicted octanol–water partition coefficient (Wildman–Crippen LogP) is 3.73. The van der Waals surface area contributed by atoms with Crippen molar-refractivity contribution in [1.29, 1.82) is 0 Å². The zero-order valence-corrected chi connectivity index (χ0v) is 11.5. The third-order valence-electron chi connectivity index (χ3n) is 3.45. The van der Waals surface area contributed by atoms with Crippen LogP contribution in [0.2, 0.25) is 5.02 Å². The molecule has 1 fully saturated rings. The van der Waals surface area contributed by atoms with Crippen LogP contribution in [-0.4, -0.2) is 11.5 Å². The summed E-state index contributed by atoms with van der Waals surface area (Å²) in [4.78, 5) is 4.40. The van der Waals surface area contributed by atoms with E-state index in [1.807, 2.05) is 30.5 Å². The highest BCUT2D eigenvalue weighted by Crippen LogP contribution is 2.23. The Bertz CT molecular complexity index is 547. The molecule has 0 saturated carbocycles. The minimum absolute atomic E-state index is 0.280. The normalized spacial score (nSPS) is 19.5. The van der Waals surface area contributed by atoms with Gasteiger partial charge in [-0.05, 0) is 37.1 Å². The molecule has 1 atom stereocenters. The molecule has 19 heavy (non-hydrogen) atoms. The van der Waals surface area contributed by atoms with Crippen LogP contribution in [0.1, 0.15) is 42.5 Å². The van der Waals surface area contributed by atoms with Crippen molar-refractivity contribution < 1.29 is 4.42 Å². The fourth-order valence-electron chi connectivity index (χ4n) is 2.48. The van der Waals surface area contributed by atoms with Gasteiger partial charge in [-0.25, -0.2) is 4.98 Å². The molecule has 0 spiro atoms. The maximum atomic E-state index is 5.98.